The first kappa shape index (κ1) is 16.2. The van der Waals surface area contributed by atoms with Crippen molar-refractivity contribution in [3.8, 4) is 0 Å². The van der Waals surface area contributed by atoms with Crippen molar-refractivity contribution in [1.29, 1.82) is 0 Å². The van der Waals surface area contributed by atoms with Gasteiger partial charge in [0.05, 0.1) is 0 Å². The summed E-state index contributed by atoms with van der Waals surface area (Å²) in [7, 11) is -3.53. The summed E-state index contributed by atoms with van der Waals surface area (Å²) in [5.74, 6) is 0. The second-order valence-corrected chi connectivity index (χ2v) is 7.34. The molecule has 2 heterocycles. The molecule has 21 heavy (non-hydrogen) atoms. The highest BCUT2D eigenvalue weighted by Gasteiger charge is 2.31. The number of rotatable bonds is 6. The van der Waals surface area contributed by atoms with Crippen molar-refractivity contribution in [2.45, 2.75) is 45.2 Å². The van der Waals surface area contributed by atoms with E-state index in [-0.39, 0.29) is 5.03 Å². The third-order valence-electron chi connectivity index (χ3n) is 3.65. The fraction of sp³-hybridized carbons (Fsp3) is 0.643. The van der Waals surface area contributed by atoms with Crippen LogP contribution < -0.4 is 5.32 Å². The maximum Gasteiger partial charge on any atom is 0.263 e. The SMILES string of the molecule is CCCNCc1c(S(=O)(=O)N2CCC=C(C)C2)n[nH]c1C. The Labute approximate surface area is 126 Å². The molecule has 1 aliphatic rings. The minimum Gasteiger partial charge on any atom is -0.313 e. The molecular formula is C14H24N4O2S. The van der Waals surface area contributed by atoms with Crippen LogP contribution in [0, 0.1) is 6.92 Å². The normalized spacial score (nSPS) is 17.0. The summed E-state index contributed by atoms with van der Waals surface area (Å²) >= 11 is 0. The van der Waals surface area contributed by atoms with Crippen molar-refractivity contribution in [2.75, 3.05) is 19.6 Å². The van der Waals surface area contributed by atoms with Crippen molar-refractivity contribution in [3.63, 3.8) is 0 Å². The van der Waals surface area contributed by atoms with Crippen LogP contribution in [0.3, 0.4) is 0 Å². The molecule has 0 saturated heterocycles. The van der Waals surface area contributed by atoms with Crippen LogP contribution in [0.5, 0.6) is 0 Å². The summed E-state index contributed by atoms with van der Waals surface area (Å²) in [6.07, 6.45) is 3.86. The quantitative estimate of drug-likeness (QED) is 0.617. The van der Waals surface area contributed by atoms with Gasteiger partial charge in [0.2, 0.25) is 0 Å². The van der Waals surface area contributed by atoms with E-state index >= 15 is 0 Å². The number of aryl methyl sites for hydroxylation is 1. The van der Waals surface area contributed by atoms with Gasteiger partial charge < -0.3 is 5.32 Å². The Balaban J connectivity index is 2.26. The predicted octanol–water partition coefficient (Wildman–Crippen LogP) is 1.56. The molecule has 118 valence electrons. The van der Waals surface area contributed by atoms with Crippen LogP contribution in [-0.4, -0.2) is 42.6 Å². The van der Waals surface area contributed by atoms with E-state index < -0.39 is 10.0 Å². The summed E-state index contributed by atoms with van der Waals surface area (Å²) in [5, 5.41) is 10.3. The Hall–Kier alpha value is -1.18. The average Bonchev–Trinajstić information content (AvgIpc) is 2.81. The van der Waals surface area contributed by atoms with Gasteiger partial charge in [-0.2, -0.15) is 9.40 Å². The molecule has 0 fully saturated rings. The molecule has 1 aliphatic heterocycles. The molecule has 0 aromatic carbocycles. The molecule has 0 radical (unpaired) electrons. The number of aromatic nitrogens is 2. The van der Waals surface area contributed by atoms with Gasteiger partial charge in [0, 0.05) is 30.9 Å². The fourth-order valence-electron chi connectivity index (χ4n) is 2.45. The highest BCUT2D eigenvalue weighted by molar-refractivity contribution is 7.89. The van der Waals surface area contributed by atoms with Crippen LogP contribution in [0.2, 0.25) is 0 Å². The van der Waals surface area contributed by atoms with E-state index in [1.165, 1.54) is 4.31 Å². The topological polar surface area (TPSA) is 78.1 Å². The number of sulfonamides is 1. The molecule has 7 heteroatoms. The Bertz CT molecular complexity index is 619. The molecule has 0 amide bonds. The number of hydrogen-bond acceptors (Lipinski definition) is 4. The number of aromatic amines is 1. The minimum atomic E-state index is -3.53. The number of nitrogens with zero attached hydrogens (tertiary/aromatic N) is 2. The van der Waals surface area contributed by atoms with Gasteiger partial charge >= 0.3 is 0 Å². The molecule has 0 unspecified atom stereocenters. The highest BCUT2D eigenvalue weighted by Crippen LogP contribution is 2.23. The maximum atomic E-state index is 12.8. The van der Waals surface area contributed by atoms with Gasteiger partial charge in [-0.3, -0.25) is 5.10 Å². The van der Waals surface area contributed by atoms with Crippen molar-refractivity contribution in [3.05, 3.63) is 22.9 Å². The summed E-state index contributed by atoms with van der Waals surface area (Å²) < 4.78 is 27.1. The third-order valence-corrected chi connectivity index (χ3v) is 5.46. The zero-order valence-electron chi connectivity index (χ0n) is 12.9. The van der Waals surface area contributed by atoms with Crippen molar-refractivity contribution < 1.29 is 8.42 Å². The standard InChI is InChI=1S/C14H24N4O2S/c1-4-7-15-9-13-12(3)16-17-14(13)21(19,20)18-8-5-6-11(2)10-18/h6,15H,4-5,7-10H2,1-3H3,(H,16,17). The number of hydrogen-bond donors (Lipinski definition) is 2. The maximum absolute atomic E-state index is 12.8. The van der Waals surface area contributed by atoms with Gasteiger partial charge in [0.15, 0.2) is 5.03 Å². The Morgan fingerprint density at radius 1 is 1.43 bits per heavy atom. The smallest absolute Gasteiger partial charge is 0.263 e. The second-order valence-electron chi connectivity index (χ2n) is 5.49. The van der Waals surface area contributed by atoms with Gasteiger partial charge in [-0.25, -0.2) is 8.42 Å². The zero-order valence-corrected chi connectivity index (χ0v) is 13.8. The third kappa shape index (κ3) is 3.53. The number of nitrogens with one attached hydrogen (secondary N) is 2. The first-order valence-electron chi connectivity index (χ1n) is 7.37. The van der Waals surface area contributed by atoms with Gasteiger partial charge in [0.25, 0.3) is 10.0 Å². The molecule has 0 saturated carbocycles. The summed E-state index contributed by atoms with van der Waals surface area (Å²) in [5.41, 5.74) is 2.64. The summed E-state index contributed by atoms with van der Waals surface area (Å²) in [4.78, 5) is 0. The van der Waals surface area contributed by atoms with Crippen LogP contribution in [0.1, 0.15) is 37.9 Å². The predicted molar refractivity (Wildman–Crippen MR) is 82.5 cm³/mol. The van der Waals surface area contributed by atoms with Crippen molar-refractivity contribution in [2.24, 2.45) is 0 Å². The molecule has 6 nitrogen and oxygen atoms in total. The molecule has 2 N–H and O–H groups in total. The van der Waals surface area contributed by atoms with E-state index in [0.29, 0.717) is 19.6 Å². The van der Waals surface area contributed by atoms with Crippen LogP contribution in [-0.2, 0) is 16.6 Å². The second kappa shape index (κ2) is 6.72. The Morgan fingerprint density at radius 3 is 2.86 bits per heavy atom. The lowest BCUT2D eigenvalue weighted by Gasteiger charge is -2.24. The van der Waals surface area contributed by atoms with Crippen LogP contribution >= 0.6 is 0 Å². The lowest BCUT2D eigenvalue weighted by atomic mass is 10.2. The average molecular weight is 312 g/mol. The first-order chi connectivity index (χ1) is 9.96. The van der Waals surface area contributed by atoms with E-state index in [0.717, 1.165) is 36.2 Å². The van der Waals surface area contributed by atoms with E-state index in [1.807, 2.05) is 13.8 Å². The molecular weight excluding hydrogens is 288 g/mol. The Morgan fingerprint density at radius 2 is 2.19 bits per heavy atom. The molecule has 0 atom stereocenters. The van der Waals surface area contributed by atoms with Crippen molar-refractivity contribution in [1.82, 2.24) is 19.8 Å². The lowest BCUT2D eigenvalue weighted by Crippen LogP contribution is -2.36. The Kier molecular flexibility index (Phi) is 5.18. The zero-order chi connectivity index (χ0) is 15.5. The van der Waals surface area contributed by atoms with E-state index in [1.54, 1.807) is 0 Å². The molecule has 0 aliphatic carbocycles. The summed E-state index contributed by atoms with van der Waals surface area (Å²) in [6.45, 7) is 8.25. The van der Waals surface area contributed by atoms with Gasteiger partial charge in [-0.05, 0) is 33.2 Å². The van der Waals surface area contributed by atoms with Crippen LogP contribution in [0.15, 0.2) is 16.7 Å². The van der Waals surface area contributed by atoms with Crippen molar-refractivity contribution >= 4 is 10.0 Å². The summed E-state index contributed by atoms with van der Waals surface area (Å²) in [6, 6.07) is 0. The molecule has 1 aromatic heterocycles. The first-order valence-corrected chi connectivity index (χ1v) is 8.81. The monoisotopic (exact) mass is 312 g/mol. The number of H-pyrrole nitrogens is 1. The largest absolute Gasteiger partial charge is 0.313 e. The van der Waals surface area contributed by atoms with E-state index in [4.69, 9.17) is 0 Å². The molecule has 1 aromatic rings. The van der Waals surface area contributed by atoms with Gasteiger partial charge in [0.1, 0.15) is 0 Å². The molecule has 2 rings (SSSR count). The van der Waals surface area contributed by atoms with Gasteiger partial charge in [-0.1, -0.05) is 18.6 Å². The molecule has 0 bridgehead atoms. The molecule has 0 spiro atoms. The minimum absolute atomic E-state index is 0.165. The fourth-order valence-corrected chi connectivity index (χ4v) is 4.11. The lowest BCUT2D eigenvalue weighted by molar-refractivity contribution is 0.424. The van der Waals surface area contributed by atoms with Gasteiger partial charge in [-0.15, -0.1) is 0 Å². The van der Waals surface area contributed by atoms with E-state index in [2.05, 4.69) is 28.5 Å². The van der Waals surface area contributed by atoms with Crippen LogP contribution in [0.25, 0.3) is 0 Å². The van der Waals surface area contributed by atoms with Crippen LogP contribution in [0.4, 0.5) is 0 Å². The van der Waals surface area contributed by atoms with E-state index in [9.17, 15) is 8.42 Å². The highest BCUT2D eigenvalue weighted by atomic mass is 32.2.